The van der Waals surface area contributed by atoms with Gasteiger partial charge >= 0.3 is 16.3 Å². The summed E-state index contributed by atoms with van der Waals surface area (Å²) < 4.78 is 42.4. The summed E-state index contributed by atoms with van der Waals surface area (Å²) in [7, 11) is -4.10. The molecule has 2 N–H and O–H groups in total. The van der Waals surface area contributed by atoms with Gasteiger partial charge in [0, 0.05) is 26.3 Å². The van der Waals surface area contributed by atoms with Gasteiger partial charge in [-0.1, -0.05) is 30.3 Å². The Morgan fingerprint density at radius 2 is 1.84 bits per heavy atom. The van der Waals surface area contributed by atoms with Crippen LogP contribution < -0.4 is 4.74 Å². The van der Waals surface area contributed by atoms with E-state index in [9.17, 15) is 18.3 Å². The van der Waals surface area contributed by atoms with Gasteiger partial charge in [0.2, 0.25) is 0 Å². The van der Waals surface area contributed by atoms with Crippen LogP contribution in [-0.2, 0) is 24.0 Å². The molecule has 2 aromatic carbocycles. The van der Waals surface area contributed by atoms with Gasteiger partial charge in [0.25, 0.3) is 0 Å². The Kier molecular flexibility index (Phi) is 9.20. The third-order valence-corrected chi connectivity index (χ3v) is 8.40. The van der Waals surface area contributed by atoms with Crippen LogP contribution in [0, 0.1) is 12.8 Å². The van der Waals surface area contributed by atoms with Crippen molar-refractivity contribution in [2.75, 3.05) is 39.5 Å². The van der Waals surface area contributed by atoms with Crippen molar-refractivity contribution in [3.05, 3.63) is 53.6 Å². The van der Waals surface area contributed by atoms with Crippen LogP contribution in [-0.4, -0.2) is 74.5 Å². The Balaban J connectivity index is 1.36. The van der Waals surface area contributed by atoms with Crippen LogP contribution in [0.3, 0.4) is 0 Å². The highest BCUT2D eigenvalue weighted by atomic mass is 32.2. The molecule has 2 aliphatic heterocycles. The van der Waals surface area contributed by atoms with E-state index < -0.39 is 28.3 Å². The maximum Gasteiger partial charge on any atom is 0.387 e. The molecule has 2 saturated heterocycles. The Morgan fingerprint density at radius 1 is 1.11 bits per heavy atom. The van der Waals surface area contributed by atoms with Crippen molar-refractivity contribution in [3.8, 4) is 16.9 Å². The normalized spacial score (nSPS) is 18.9. The van der Waals surface area contributed by atoms with Crippen molar-refractivity contribution in [1.29, 1.82) is 0 Å². The van der Waals surface area contributed by atoms with Gasteiger partial charge in [0.15, 0.2) is 0 Å². The summed E-state index contributed by atoms with van der Waals surface area (Å²) in [5.41, 5.74) is 4.27. The number of aryl methyl sites for hydroxylation is 1. The first-order valence-electron chi connectivity index (χ1n) is 12.7. The quantitative estimate of drug-likeness (QED) is 0.505. The van der Waals surface area contributed by atoms with Crippen molar-refractivity contribution >= 4 is 16.3 Å². The fourth-order valence-corrected chi connectivity index (χ4v) is 5.94. The molecule has 10 heteroatoms. The summed E-state index contributed by atoms with van der Waals surface area (Å²) in [6.45, 7) is 3.18. The number of rotatable bonds is 9. The zero-order valence-corrected chi connectivity index (χ0v) is 21.9. The highest BCUT2D eigenvalue weighted by Crippen LogP contribution is 2.34. The average Bonchev–Trinajstić information content (AvgIpc) is 2.92. The van der Waals surface area contributed by atoms with Crippen molar-refractivity contribution in [3.63, 3.8) is 0 Å². The molecular weight excluding hydrogens is 498 g/mol. The zero-order valence-electron chi connectivity index (χ0n) is 21.0. The van der Waals surface area contributed by atoms with Gasteiger partial charge in [0.05, 0.1) is 12.5 Å². The number of carbonyl (C=O) groups excluding carboxylic acids is 1. The minimum Gasteiger partial charge on any atom is -0.491 e. The molecule has 0 amide bonds. The van der Waals surface area contributed by atoms with E-state index in [0.29, 0.717) is 57.7 Å². The van der Waals surface area contributed by atoms with Crippen LogP contribution in [0.25, 0.3) is 11.1 Å². The number of aliphatic hydroxyl groups is 2. The maximum atomic E-state index is 12.7. The van der Waals surface area contributed by atoms with Crippen LogP contribution in [0.4, 0.5) is 0 Å². The number of benzene rings is 2. The number of hydrogen-bond donors (Lipinski definition) is 2. The fourth-order valence-electron chi connectivity index (χ4n) is 4.83. The Bertz CT molecular complexity index is 1170. The van der Waals surface area contributed by atoms with Crippen molar-refractivity contribution < 1.29 is 37.1 Å². The lowest BCUT2D eigenvalue weighted by molar-refractivity contribution is -0.141. The molecule has 9 nitrogen and oxygen atoms in total. The third-order valence-electron chi connectivity index (χ3n) is 7.03. The van der Waals surface area contributed by atoms with Gasteiger partial charge in [-0.25, -0.2) is 0 Å². The predicted molar refractivity (Wildman–Crippen MR) is 137 cm³/mol. The molecule has 0 saturated carbocycles. The largest absolute Gasteiger partial charge is 0.491 e. The zero-order chi connectivity index (χ0) is 26.4. The van der Waals surface area contributed by atoms with Crippen molar-refractivity contribution in [2.24, 2.45) is 5.92 Å². The highest BCUT2D eigenvalue weighted by Gasteiger charge is 2.34. The first-order chi connectivity index (χ1) is 17.8. The highest BCUT2D eigenvalue weighted by molar-refractivity contribution is 7.84. The summed E-state index contributed by atoms with van der Waals surface area (Å²) in [6, 6.07) is 13.8. The first-order valence-corrected chi connectivity index (χ1v) is 14.1. The van der Waals surface area contributed by atoms with Gasteiger partial charge in [0.1, 0.15) is 18.5 Å². The SMILES string of the molecule is Cc1cc(C2CCN(S(=O)(=O)OC(=O)C3CCOCC3)CC2)ccc1-c1cccc(OC[C@H](O)CO)c1. The van der Waals surface area contributed by atoms with Gasteiger partial charge in [-0.15, -0.1) is 0 Å². The summed E-state index contributed by atoms with van der Waals surface area (Å²) in [6.07, 6.45) is 1.32. The van der Waals surface area contributed by atoms with E-state index in [1.54, 1.807) is 6.07 Å². The van der Waals surface area contributed by atoms with Crippen LogP contribution in [0.2, 0.25) is 0 Å². The van der Waals surface area contributed by atoms with Crippen molar-refractivity contribution in [1.82, 2.24) is 4.31 Å². The number of nitrogens with zero attached hydrogens (tertiary/aromatic N) is 1. The Morgan fingerprint density at radius 3 is 2.51 bits per heavy atom. The first kappa shape index (κ1) is 27.5. The minimum absolute atomic E-state index is 0.0149. The average molecular weight is 534 g/mol. The lowest BCUT2D eigenvalue weighted by atomic mass is 9.87. The van der Waals surface area contributed by atoms with E-state index in [1.807, 2.05) is 25.1 Å². The van der Waals surface area contributed by atoms with Crippen LogP contribution in [0.15, 0.2) is 42.5 Å². The van der Waals surface area contributed by atoms with E-state index in [0.717, 1.165) is 22.3 Å². The lowest BCUT2D eigenvalue weighted by Crippen LogP contribution is -2.41. The number of aliphatic hydroxyl groups excluding tert-OH is 2. The second-order valence-electron chi connectivity index (χ2n) is 9.67. The predicted octanol–water partition coefficient (Wildman–Crippen LogP) is 2.79. The molecule has 0 aliphatic carbocycles. The number of carbonyl (C=O) groups is 1. The molecule has 0 unspecified atom stereocenters. The molecule has 37 heavy (non-hydrogen) atoms. The number of piperidine rings is 1. The van der Waals surface area contributed by atoms with Gasteiger partial charge in [-0.2, -0.15) is 12.7 Å². The second kappa shape index (κ2) is 12.4. The number of ether oxygens (including phenoxy) is 2. The third kappa shape index (κ3) is 7.08. The molecule has 202 valence electrons. The molecule has 0 spiro atoms. The summed E-state index contributed by atoms with van der Waals surface area (Å²) in [4.78, 5) is 12.3. The van der Waals surface area contributed by atoms with Crippen molar-refractivity contribution in [2.45, 2.75) is 44.6 Å². The fraction of sp³-hybridized carbons (Fsp3) is 0.519. The molecule has 0 aromatic heterocycles. The summed E-state index contributed by atoms with van der Waals surface area (Å²) in [5, 5.41) is 18.5. The standard InChI is InChI=1S/C27H35NO8S/c1-19-15-22(5-6-26(19)23-3-2-4-25(16-23)35-18-24(30)17-29)20-7-11-28(12-8-20)37(32,33)36-27(31)21-9-13-34-14-10-21/h2-6,15-16,20-21,24,29-30H,7-14,17-18H2,1H3/t24-/m1/s1. The molecule has 0 bridgehead atoms. The molecule has 2 aliphatic rings. The Labute approximate surface area is 218 Å². The Hall–Kier alpha value is -2.50. The molecule has 2 aromatic rings. The van der Waals surface area contributed by atoms with Gasteiger partial charge in [-0.3, -0.25) is 4.79 Å². The monoisotopic (exact) mass is 533 g/mol. The van der Waals surface area contributed by atoms with E-state index in [1.165, 1.54) is 4.31 Å². The van der Waals surface area contributed by atoms with Crippen LogP contribution in [0.5, 0.6) is 5.75 Å². The van der Waals surface area contributed by atoms with Gasteiger partial charge < -0.3 is 23.9 Å². The topological polar surface area (TPSA) is 123 Å². The van der Waals surface area contributed by atoms with E-state index in [2.05, 4.69) is 18.2 Å². The summed E-state index contributed by atoms with van der Waals surface area (Å²) in [5.74, 6) is -0.294. The van der Waals surface area contributed by atoms with Crippen LogP contribution >= 0.6 is 0 Å². The van der Waals surface area contributed by atoms with E-state index in [-0.39, 0.29) is 19.1 Å². The second-order valence-corrected chi connectivity index (χ2v) is 11.2. The summed E-state index contributed by atoms with van der Waals surface area (Å²) >= 11 is 0. The lowest BCUT2D eigenvalue weighted by Gasteiger charge is -2.31. The molecule has 1 atom stereocenters. The molecule has 2 heterocycles. The smallest absolute Gasteiger partial charge is 0.387 e. The molecule has 4 rings (SSSR count). The maximum absolute atomic E-state index is 12.7. The molecule has 0 radical (unpaired) electrons. The van der Waals surface area contributed by atoms with E-state index >= 15 is 0 Å². The number of hydrogen-bond acceptors (Lipinski definition) is 8. The van der Waals surface area contributed by atoms with E-state index in [4.69, 9.17) is 18.8 Å². The van der Waals surface area contributed by atoms with Gasteiger partial charge in [-0.05, 0) is 72.9 Å². The van der Waals surface area contributed by atoms with Crippen LogP contribution in [0.1, 0.15) is 42.7 Å². The minimum atomic E-state index is -4.10. The molecule has 2 fully saturated rings. The molecular formula is C27H35NO8S.